The van der Waals surface area contributed by atoms with Crippen LogP contribution in [-0.4, -0.2) is 41.1 Å². The molecule has 1 heterocycles. The molecule has 1 unspecified atom stereocenters. The van der Waals surface area contributed by atoms with Crippen molar-refractivity contribution in [3.8, 4) is 17.2 Å². The van der Waals surface area contributed by atoms with Gasteiger partial charge in [0.1, 0.15) is 16.3 Å². The normalized spacial score (nSPS) is 24.7. The molecule has 1 spiro atoms. The highest BCUT2D eigenvalue weighted by molar-refractivity contribution is 7.81. The first-order valence-electron chi connectivity index (χ1n) is 8.07. The number of hydrogen-bond acceptors (Lipinski definition) is 7. The van der Waals surface area contributed by atoms with E-state index in [1.165, 1.54) is 14.2 Å². The average Bonchev–Trinajstić information content (AvgIpc) is 2.95. The Morgan fingerprint density at radius 1 is 1.24 bits per heavy atom. The van der Waals surface area contributed by atoms with Gasteiger partial charge in [0.25, 0.3) is 0 Å². The minimum atomic E-state index is -5.16. The number of alkyl halides is 3. The molecule has 0 aromatic heterocycles. The zero-order chi connectivity index (χ0) is 21.7. The molecular formula is C17H14ClF3O7S. The number of fused-ring (bicyclic) bond motifs is 1. The van der Waals surface area contributed by atoms with Crippen LogP contribution >= 0.6 is 11.6 Å². The molecule has 0 radical (unpaired) electrons. The maximum Gasteiger partial charge on any atom is 0.508 e. The van der Waals surface area contributed by atoms with Gasteiger partial charge in [-0.05, 0) is 0 Å². The van der Waals surface area contributed by atoms with Crippen molar-refractivity contribution in [3.05, 3.63) is 28.5 Å². The van der Waals surface area contributed by atoms with Crippen molar-refractivity contribution in [1.29, 1.82) is 0 Å². The monoisotopic (exact) mass is 454 g/mol. The van der Waals surface area contributed by atoms with Gasteiger partial charge in [-0.15, -0.1) is 0 Å². The van der Waals surface area contributed by atoms with Gasteiger partial charge in [-0.1, -0.05) is 18.5 Å². The highest BCUT2D eigenvalue weighted by Crippen LogP contribution is 2.54. The highest BCUT2D eigenvalue weighted by atomic mass is 35.5. The Hall–Kier alpha value is -2.27. The van der Waals surface area contributed by atoms with E-state index < -0.39 is 44.7 Å². The molecule has 2 aliphatic rings. The summed E-state index contributed by atoms with van der Waals surface area (Å²) in [4.78, 5) is 25.2. The molecule has 3 atom stereocenters. The number of benzene rings is 1. The van der Waals surface area contributed by atoms with Gasteiger partial charge in [-0.3, -0.25) is 9.59 Å². The molecule has 0 amide bonds. The van der Waals surface area contributed by atoms with Crippen LogP contribution in [0, 0.1) is 5.92 Å². The summed E-state index contributed by atoms with van der Waals surface area (Å²) in [7, 11) is 2.42. The summed E-state index contributed by atoms with van der Waals surface area (Å²) in [5.41, 5.74) is -7.05. The topological polar surface area (TPSA) is 88.1 Å². The van der Waals surface area contributed by atoms with Crippen LogP contribution in [0.15, 0.2) is 17.9 Å². The van der Waals surface area contributed by atoms with Crippen LogP contribution in [0.4, 0.5) is 13.2 Å². The van der Waals surface area contributed by atoms with Gasteiger partial charge < -0.3 is 18.4 Å². The lowest BCUT2D eigenvalue weighted by Gasteiger charge is -2.36. The molecule has 12 heteroatoms. The highest BCUT2D eigenvalue weighted by Gasteiger charge is 2.60. The fourth-order valence-electron chi connectivity index (χ4n) is 3.34. The van der Waals surface area contributed by atoms with Crippen molar-refractivity contribution in [1.82, 2.24) is 0 Å². The van der Waals surface area contributed by atoms with Crippen LogP contribution < -0.4 is 13.7 Å². The smallest absolute Gasteiger partial charge is 0.496 e. The van der Waals surface area contributed by atoms with Crippen LogP contribution in [0.1, 0.15) is 23.7 Å². The maximum atomic E-state index is 13.3. The molecule has 158 valence electrons. The van der Waals surface area contributed by atoms with Gasteiger partial charge in [0.05, 0.1) is 14.2 Å². The van der Waals surface area contributed by atoms with E-state index in [9.17, 15) is 27.0 Å². The number of allylic oxidation sites excluding steroid dienone is 1. The Bertz CT molecular complexity index is 959. The lowest BCUT2D eigenvalue weighted by Crippen LogP contribution is -2.51. The summed E-state index contributed by atoms with van der Waals surface area (Å²) in [6, 6.07) is 0.917. The van der Waals surface area contributed by atoms with Crippen LogP contribution in [-0.2, 0) is 20.6 Å². The van der Waals surface area contributed by atoms with E-state index >= 15 is 0 Å². The number of halogens is 4. The molecule has 1 aromatic carbocycles. The van der Waals surface area contributed by atoms with E-state index in [-0.39, 0.29) is 35.0 Å². The lowest BCUT2D eigenvalue weighted by molar-refractivity contribution is -0.118. The molecule has 29 heavy (non-hydrogen) atoms. The second-order valence-electron chi connectivity index (χ2n) is 6.31. The van der Waals surface area contributed by atoms with Gasteiger partial charge in [0.2, 0.25) is 11.4 Å². The van der Waals surface area contributed by atoms with Crippen molar-refractivity contribution in [2.24, 2.45) is 5.92 Å². The van der Waals surface area contributed by atoms with Gasteiger partial charge in [0, 0.05) is 24.5 Å². The van der Waals surface area contributed by atoms with E-state index in [1.54, 1.807) is 6.92 Å². The summed E-state index contributed by atoms with van der Waals surface area (Å²) in [6.45, 7) is 1.59. The van der Waals surface area contributed by atoms with Gasteiger partial charge in [0.15, 0.2) is 23.0 Å². The largest absolute Gasteiger partial charge is 0.508 e. The first-order chi connectivity index (χ1) is 13.5. The number of hydrogen-bond donors (Lipinski definition) is 0. The summed E-state index contributed by atoms with van der Waals surface area (Å²) >= 11 is 2.42. The first-order valence-corrected chi connectivity index (χ1v) is 9.52. The van der Waals surface area contributed by atoms with Crippen LogP contribution in [0.2, 0.25) is 5.02 Å². The van der Waals surface area contributed by atoms with Crippen molar-refractivity contribution < 1.29 is 45.4 Å². The third kappa shape index (κ3) is 3.25. The van der Waals surface area contributed by atoms with Crippen molar-refractivity contribution in [3.63, 3.8) is 0 Å². The fraction of sp³-hybridized carbons (Fsp3) is 0.412. The van der Waals surface area contributed by atoms with Gasteiger partial charge in [-0.25, -0.2) is 4.21 Å². The van der Waals surface area contributed by atoms with Crippen molar-refractivity contribution in [2.45, 2.75) is 24.5 Å². The number of methoxy groups -OCH3 is 2. The predicted molar refractivity (Wildman–Crippen MR) is 94.4 cm³/mol. The molecule has 0 fully saturated rings. The number of carbonyl (C=O) groups excluding carboxylic acids is 2. The molecule has 0 N–H and O–H groups in total. The standard InChI is InChI=1S/C17H14ClF3O7S/c1-7-4-8(22)5-11(26-3)16(7)15(23)12-9(25-2)6-10(13(18)14(12)27-16)28-29(24)17(19,20)21/h5-7H,4H2,1-3H3/t7-,16+,29?/m1/s1. The fourth-order valence-corrected chi connectivity index (χ4v) is 4.00. The maximum absolute atomic E-state index is 13.3. The Morgan fingerprint density at radius 2 is 1.90 bits per heavy atom. The third-order valence-electron chi connectivity index (χ3n) is 4.63. The predicted octanol–water partition coefficient (Wildman–Crippen LogP) is 3.36. The van der Waals surface area contributed by atoms with Crippen LogP contribution in [0.5, 0.6) is 17.2 Å². The minimum absolute atomic E-state index is 0.0338. The second-order valence-corrected chi connectivity index (χ2v) is 7.79. The molecule has 1 aliphatic heterocycles. The van der Waals surface area contributed by atoms with E-state index in [2.05, 4.69) is 4.18 Å². The Labute approximate surface area is 170 Å². The summed E-state index contributed by atoms with van der Waals surface area (Å²) in [5, 5.41) is -0.497. The molecule has 3 rings (SSSR count). The number of ketones is 2. The zero-order valence-corrected chi connectivity index (χ0v) is 16.8. The Morgan fingerprint density at radius 3 is 2.45 bits per heavy atom. The average molecular weight is 455 g/mol. The van der Waals surface area contributed by atoms with E-state index in [4.69, 9.17) is 25.8 Å². The lowest BCUT2D eigenvalue weighted by atomic mass is 9.75. The quantitative estimate of drug-likeness (QED) is 0.689. The summed E-state index contributed by atoms with van der Waals surface area (Å²) < 4.78 is 69.7. The number of carbonyl (C=O) groups is 2. The zero-order valence-electron chi connectivity index (χ0n) is 15.2. The number of ether oxygens (including phenoxy) is 3. The Kier molecular flexibility index (Phi) is 5.33. The van der Waals surface area contributed by atoms with E-state index in [1.807, 2.05) is 0 Å². The summed E-state index contributed by atoms with van der Waals surface area (Å²) in [6.07, 6.45) is 1.09. The summed E-state index contributed by atoms with van der Waals surface area (Å²) in [5.74, 6) is -2.82. The minimum Gasteiger partial charge on any atom is -0.496 e. The number of Topliss-reactive ketones (excluding diaryl/α,β-unsaturated/α-hetero) is 1. The van der Waals surface area contributed by atoms with Gasteiger partial charge in [-0.2, -0.15) is 13.2 Å². The van der Waals surface area contributed by atoms with E-state index in [0.29, 0.717) is 0 Å². The molecule has 0 bridgehead atoms. The molecule has 7 nitrogen and oxygen atoms in total. The molecular weight excluding hydrogens is 441 g/mol. The third-order valence-corrected chi connectivity index (χ3v) is 5.70. The SMILES string of the molecule is COC1=CC(=O)C[C@@H](C)[C@]12Oc1c(Cl)c(OS(=O)C(F)(F)F)cc(OC)c1C2=O. The second kappa shape index (κ2) is 7.21. The first kappa shape index (κ1) is 21.4. The molecule has 0 saturated heterocycles. The molecule has 1 aliphatic carbocycles. The molecule has 0 saturated carbocycles. The van der Waals surface area contributed by atoms with Gasteiger partial charge >= 0.3 is 16.6 Å². The van der Waals surface area contributed by atoms with Crippen molar-refractivity contribution in [2.75, 3.05) is 14.2 Å². The number of rotatable bonds is 4. The Balaban J connectivity index is 2.17. The van der Waals surface area contributed by atoms with Crippen LogP contribution in [0.25, 0.3) is 0 Å². The molecule has 1 aromatic rings. The van der Waals surface area contributed by atoms with E-state index in [0.717, 1.165) is 12.1 Å². The van der Waals surface area contributed by atoms with Crippen molar-refractivity contribution >= 4 is 34.2 Å². The van der Waals surface area contributed by atoms with Crippen LogP contribution in [0.3, 0.4) is 0 Å².